The zero-order chi connectivity index (χ0) is 9.14. The summed E-state index contributed by atoms with van der Waals surface area (Å²) in [6, 6.07) is 3.52. The Kier molecular flexibility index (Phi) is 3.34. The lowest BCUT2D eigenvalue weighted by Gasteiger charge is -2.05. The number of ether oxygens (including phenoxy) is 1. The number of carbonyl (C=O) groups excluding carboxylic acids is 1. The molecule has 0 saturated heterocycles. The topological polar surface area (TPSA) is 26.3 Å². The molecule has 0 aliphatic carbocycles. The second-order valence-electron chi connectivity index (χ2n) is 2.10. The molecule has 0 aliphatic heterocycles. The standard InChI is InChI=1S/C8H6ClIO2/c1-12-7-3-2-6(10)5(4-11)8(7)9/h2-4H,1H3. The largest absolute Gasteiger partial charge is 0.495 e. The van der Waals surface area contributed by atoms with Crippen LogP contribution in [0.3, 0.4) is 0 Å². The molecule has 0 heterocycles. The first-order valence-corrected chi connectivity index (χ1v) is 4.63. The average Bonchev–Trinajstić information content (AvgIpc) is 2.06. The van der Waals surface area contributed by atoms with Crippen molar-refractivity contribution in [2.45, 2.75) is 0 Å². The molecular formula is C8H6ClIO2. The van der Waals surface area contributed by atoms with Crippen LogP contribution in [0.5, 0.6) is 5.75 Å². The molecular weight excluding hydrogens is 290 g/mol. The maximum atomic E-state index is 10.6. The Labute approximate surface area is 89.0 Å². The summed E-state index contributed by atoms with van der Waals surface area (Å²) in [4.78, 5) is 10.6. The van der Waals surface area contributed by atoms with E-state index in [4.69, 9.17) is 16.3 Å². The zero-order valence-corrected chi connectivity index (χ0v) is 9.22. The molecule has 0 radical (unpaired) electrons. The number of benzene rings is 1. The Hall–Kier alpha value is -0.290. The van der Waals surface area contributed by atoms with E-state index in [0.29, 0.717) is 16.3 Å². The van der Waals surface area contributed by atoms with Crippen LogP contribution in [0.15, 0.2) is 12.1 Å². The van der Waals surface area contributed by atoms with Crippen molar-refractivity contribution in [3.63, 3.8) is 0 Å². The van der Waals surface area contributed by atoms with Gasteiger partial charge in [-0.3, -0.25) is 4.79 Å². The first-order chi connectivity index (χ1) is 5.70. The van der Waals surface area contributed by atoms with Crippen molar-refractivity contribution in [3.05, 3.63) is 26.3 Å². The lowest BCUT2D eigenvalue weighted by atomic mass is 10.2. The Morgan fingerprint density at radius 1 is 1.58 bits per heavy atom. The van der Waals surface area contributed by atoms with Crippen molar-refractivity contribution in [3.8, 4) is 5.75 Å². The SMILES string of the molecule is COc1ccc(I)c(C=O)c1Cl. The van der Waals surface area contributed by atoms with Gasteiger partial charge < -0.3 is 4.74 Å². The van der Waals surface area contributed by atoms with E-state index in [9.17, 15) is 4.79 Å². The fourth-order valence-corrected chi connectivity index (χ4v) is 1.84. The summed E-state index contributed by atoms with van der Waals surface area (Å²) in [5.74, 6) is 0.527. The quantitative estimate of drug-likeness (QED) is 0.619. The molecule has 0 aliphatic rings. The third-order valence-electron chi connectivity index (χ3n) is 1.43. The van der Waals surface area contributed by atoms with Gasteiger partial charge in [-0.15, -0.1) is 0 Å². The minimum absolute atomic E-state index is 0.374. The monoisotopic (exact) mass is 296 g/mol. The smallest absolute Gasteiger partial charge is 0.152 e. The van der Waals surface area contributed by atoms with E-state index in [1.54, 1.807) is 12.1 Å². The number of aldehydes is 1. The van der Waals surface area contributed by atoms with Crippen LogP contribution in [0.25, 0.3) is 0 Å². The van der Waals surface area contributed by atoms with Gasteiger partial charge in [0.2, 0.25) is 0 Å². The Morgan fingerprint density at radius 3 is 2.75 bits per heavy atom. The summed E-state index contributed by atoms with van der Waals surface area (Å²) in [5.41, 5.74) is 0.483. The second kappa shape index (κ2) is 4.09. The number of hydrogen-bond acceptors (Lipinski definition) is 2. The third-order valence-corrected chi connectivity index (χ3v) is 2.76. The molecule has 0 atom stereocenters. The third kappa shape index (κ3) is 1.72. The van der Waals surface area contributed by atoms with Crippen molar-refractivity contribution >= 4 is 40.5 Å². The number of hydrogen-bond donors (Lipinski definition) is 0. The molecule has 0 bridgehead atoms. The fraction of sp³-hybridized carbons (Fsp3) is 0.125. The molecule has 0 aromatic heterocycles. The van der Waals surface area contributed by atoms with Crippen LogP contribution >= 0.6 is 34.2 Å². The predicted octanol–water partition coefficient (Wildman–Crippen LogP) is 2.77. The molecule has 0 fully saturated rings. The lowest BCUT2D eigenvalue weighted by Crippen LogP contribution is -1.91. The van der Waals surface area contributed by atoms with Crippen molar-refractivity contribution < 1.29 is 9.53 Å². The lowest BCUT2D eigenvalue weighted by molar-refractivity contribution is 0.112. The Morgan fingerprint density at radius 2 is 2.25 bits per heavy atom. The van der Waals surface area contributed by atoms with Gasteiger partial charge in [0, 0.05) is 3.57 Å². The first-order valence-electron chi connectivity index (χ1n) is 3.18. The number of carbonyl (C=O) groups is 1. The van der Waals surface area contributed by atoms with Crippen molar-refractivity contribution in [2.75, 3.05) is 7.11 Å². The molecule has 2 nitrogen and oxygen atoms in total. The average molecular weight is 296 g/mol. The maximum Gasteiger partial charge on any atom is 0.152 e. The summed E-state index contributed by atoms with van der Waals surface area (Å²) in [7, 11) is 1.52. The van der Waals surface area contributed by atoms with Crippen molar-refractivity contribution in [1.82, 2.24) is 0 Å². The molecule has 0 unspecified atom stereocenters. The molecule has 64 valence electrons. The molecule has 0 spiro atoms. The number of methoxy groups -OCH3 is 1. The van der Waals surface area contributed by atoms with E-state index in [0.717, 1.165) is 9.86 Å². The van der Waals surface area contributed by atoms with Crippen LogP contribution < -0.4 is 4.74 Å². The van der Waals surface area contributed by atoms with E-state index in [1.165, 1.54) is 7.11 Å². The van der Waals surface area contributed by atoms with Crippen LogP contribution in [-0.2, 0) is 0 Å². The van der Waals surface area contributed by atoms with E-state index < -0.39 is 0 Å². The van der Waals surface area contributed by atoms with Gasteiger partial charge in [-0.2, -0.15) is 0 Å². The summed E-state index contributed by atoms with van der Waals surface area (Å²) in [5, 5.41) is 0.374. The predicted molar refractivity (Wildman–Crippen MR) is 56.1 cm³/mol. The van der Waals surface area contributed by atoms with Gasteiger partial charge in [0.15, 0.2) is 6.29 Å². The van der Waals surface area contributed by atoms with Crippen molar-refractivity contribution in [1.29, 1.82) is 0 Å². The van der Waals surface area contributed by atoms with Crippen molar-refractivity contribution in [2.24, 2.45) is 0 Å². The normalized spacial score (nSPS) is 9.58. The summed E-state index contributed by atoms with van der Waals surface area (Å²) < 4.78 is 5.78. The fourth-order valence-electron chi connectivity index (χ4n) is 0.815. The molecule has 4 heteroatoms. The van der Waals surface area contributed by atoms with Crippen LogP contribution in [0.4, 0.5) is 0 Å². The summed E-state index contributed by atoms with van der Waals surface area (Å²) >= 11 is 7.90. The van der Waals surface area contributed by atoms with Gasteiger partial charge in [0.25, 0.3) is 0 Å². The van der Waals surface area contributed by atoms with Gasteiger partial charge in [0.1, 0.15) is 5.75 Å². The minimum atomic E-state index is 0.374. The highest BCUT2D eigenvalue weighted by atomic mass is 127. The minimum Gasteiger partial charge on any atom is -0.495 e. The van der Waals surface area contributed by atoms with E-state index >= 15 is 0 Å². The van der Waals surface area contributed by atoms with Crippen LogP contribution in [0, 0.1) is 3.57 Å². The van der Waals surface area contributed by atoms with Crippen LogP contribution in [0.1, 0.15) is 10.4 Å². The Balaban J connectivity index is 3.33. The molecule has 0 N–H and O–H groups in total. The highest BCUT2D eigenvalue weighted by Crippen LogP contribution is 2.29. The summed E-state index contributed by atoms with van der Waals surface area (Å²) in [6.07, 6.45) is 0.729. The van der Waals surface area contributed by atoms with Gasteiger partial charge in [0.05, 0.1) is 17.7 Å². The van der Waals surface area contributed by atoms with Crippen LogP contribution in [0.2, 0.25) is 5.02 Å². The van der Waals surface area contributed by atoms with Crippen LogP contribution in [-0.4, -0.2) is 13.4 Å². The molecule has 0 saturated carbocycles. The highest BCUT2D eigenvalue weighted by Gasteiger charge is 2.08. The van der Waals surface area contributed by atoms with Gasteiger partial charge in [-0.1, -0.05) is 11.6 Å². The van der Waals surface area contributed by atoms with Gasteiger partial charge in [-0.05, 0) is 34.7 Å². The highest BCUT2D eigenvalue weighted by molar-refractivity contribution is 14.1. The molecule has 1 aromatic rings. The summed E-state index contributed by atoms with van der Waals surface area (Å²) in [6.45, 7) is 0. The van der Waals surface area contributed by atoms with E-state index in [-0.39, 0.29) is 0 Å². The second-order valence-corrected chi connectivity index (χ2v) is 3.64. The molecule has 12 heavy (non-hydrogen) atoms. The maximum absolute atomic E-state index is 10.6. The van der Waals surface area contributed by atoms with Gasteiger partial charge in [-0.25, -0.2) is 0 Å². The molecule has 0 amide bonds. The van der Waals surface area contributed by atoms with E-state index in [1.807, 2.05) is 22.6 Å². The molecule has 1 rings (SSSR count). The zero-order valence-electron chi connectivity index (χ0n) is 6.30. The first kappa shape index (κ1) is 9.80. The number of halogens is 2. The Bertz CT molecular complexity index is 312. The van der Waals surface area contributed by atoms with E-state index in [2.05, 4.69) is 0 Å². The molecule has 1 aromatic carbocycles. The van der Waals surface area contributed by atoms with Gasteiger partial charge >= 0.3 is 0 Å². The number of rotatable bonds is 2.